The van der Waals surface area contributed by atoms with Gasteiger partial charge in [0.15, 0.2) is 11.5 Å². The first kappa shape index (κ1) is 18.9. The summed E-state index contributed by atoms with van der Waals surface area (Å²) in [5.74, 6) is 1.52. The van der Waals surface area contributed by atoms with E-state index in [9.17, 15) is 4.79 Å². The molecule has 0 spiro atoms. The molecule has 1 aliphatic heterocycles. The second kappa shape index (κ2) is 8.58. The van der Waals surface area contributed by atoms with Gasteiger partial charge in [-0.15, -0.1) is 0 Å². The van der Waals surface area contributed by atoms with Crippen LogP contribution in [-0.2, 0) is 0 Å². The molecule has 1 amide bonds. The third kappa shape index (κ3) is 4.77. The smallest absolute Gasteiger partial charge is 0.254 e. The maximum Gasteiger partial charge on any atom is 0.254 e. The lowest BCUT2D eigenvalue weighted by atomic mass is 10.1. The van der Waals surface area contributed by atoms with Gasteiger partial charge in [-0.2, -0.15) is 0 Å². The molecule has 1 saturated heterocycles. The number of amides is 1. The zero-order valence-electron chi connectivity index (χ0n) is 14.9. The second-order valence-electron chi connectivity index (χ2n) is 6.63. The lowest BCUT2D eigenvalue weighted by Crippen LogP contribution is -2.51. The average molecular weight is 355 g/mol. The molecule has 1 unspecified atom stereocenters. The number of nitrogens with zero attached hydrogens (tertiary/aromatic N) is 1. The van der Waals surface area contributed by atoms with E-state index in [-0.39, 0.29) is 5.91 Å². The van der Waals surface area contributed by atoms with Crippen LogP contribution in [0.2, 0.25) is 5.02 Å². The van der Waals surface area contributed by atoms with Gasteiger partial charge >= 0.3 is 0 Å². The Balaban J connectivity index is 2.17. The number of benzene rings is 1. The Kier molecular flexibility index (Phi) is 6.75. The van der Waals surface area contributed by atoms with Crippen LogP contribution in [0.25, 0.3) is 0 Å². The van der Waals surface area contributed by atoms with Crippen molar-refractivity contribution in [2.45, 2.75) is 33.2 Å². The SMILES string of the molecule is COc1cc(C(=O)N2CCNC(C)C2)cc(Cl)c1OCCC(C)C. The maximum absolute atomic E-state index is 12.7. The van der Waals surface area contributed by atoms with Crippen molar-refractivity contribution in [3.05, 3.63) is 22.7 Å². The Morgan fingerprint density at radius 2 is 2.21 bits per heavy atom. The molecule has 1 fully saturated rings. The standard InChI is InChI=1S/C18H27ClN2O3/c1-12(2)5-8-24-17-15(19)9-14(10-16(17)23-4)18(22)21-7-6-20-13(3)11-21/h9-10,12-13,20H,5-8,11H2,1-4H3. The molecule has 1 heterocycles. The molecule has 5 nitrogen and oxygen atoms in total. The molecule has 1 aliphatic rings. The van der Waals surface area contributed by atoms with E-state index >= 15 is 0 Å². The molecular weight excluding hydrogens is 328 g/mol. The number of halogens is 1. The van der Waals surface area contributed by atoms with Gasteiger partial charge in [-0.05, 0) is 31.4 Å². The van der Waals surface area contributed by atoms with Crippen LogP contribution >= 0.6 is 11.6 Å². The van der Waals surface area contributed by atoms with E-state index in [4.69, 9.17) is 21.1 Å². The number of carbonyl (C=O) groups excluding carboxylic acids is 1. The van der Waals surface area contributed by atoms with Crippen molar-refractivity contribution < 1.29 is 14.3 Å². The molecule has 0 aliphatic carbocycles. The van der Waals surface area contributed by atoms with Gasteiger partial charge in [-0.1, -0.05) is 25.4 Å². The van der Waals surface area contributed by atoms with Crippen molar-refractivity contribution in [2.24, 2.45) is 5.92 Å². The predicted molar refractivity (Wildman–Crippen MR) is 96.3 cm³/mol. The highest BCUT2D eigenvalue weighted by atomic mass is 35.5. The van der Waals surface area contributed by atoms with E-state index in [0.29, 0.717) is 53.7 Å². The lowest BCUT2D eigenvalue weighted by molar-refractivity contribution is 0.0708. The monoisotopic (exact) mass is 354 g/mol. The molecule has 0 aromatic heterocycles. The van der Waals surface area contributed by atoms with Crippen molar-refractivity contribution in [2.75, 3.05) is 33.4 Å². The van der Waals surface area contributed by atoms with Gasteiger partial charge in [0.25, 0.3) is 5.91 Å². The Morgan fingerprint density at radius 1 is 1.46 bits per heavy atom. The number of rotatable bonds is 6. The molecule has 6 heteroatoms. The van der Waals surface area contributed by atoms with E-state index in [1.807, 2.05) is 4.90 Å². The highest BCUT2D eigenvalue weighted by Gasteiger charge is 2.24. The summed E-state index contributed by atoms with van der Waals surface area (Å²) in [5, 5.41) is 3.74. The summed E-state index contributed by atoms with van der Waals surface area (Å²) in [5.41, 5.74) is 0.530. The largest absolute Gasteiger partial charge is 0.493 e. The van der Waals surface area contributed by atoms with Crippen molar-refractivity contribution in [3.63, 3.8) is 0 Å². The summed E-state index contributed by atoms with van der Waals surface area (Å²) < 4.78 is 11.2. The summed E-state index contributed by atoms with van der Waals surface area (Å²) in [6.07, 6.45) is 0.929. The number of carbonyl (C=O) groups is 1. The quantitative estimate of drug-likeness (QED) is 0.852. The number of hydrogen-bond donors (Lipinski definition) is 1. The van der Waals surface area contributed by atoms with Crippen LogP contribution in [0, 0.1) is 5.92 Å². The number of ether oxygens (including phenoxy) is 2. The van der Waals surface area contributed by atoms with Crippen molar-refractivity contribution in [1.82, 2.24) is 10.2 Å². The molecule has 2 rings (SSSR count). The van der Waals surface area contributed by atoms with Gasteiger partial charge in [-0.3, -0.25) is 4.79 Å². The van der Waals surface area contributed by atoms with Gasteiger partial charge in [0.2, 0.25) is 0 Å². The van der Waals surface area contributed by atoms with E-state index in [1.54, 1.807) is 19.2 Å². The Labute approximate surface area is 149 Å². The van der Waals surface area contributed by atoms with Gasteiger partial charge < -0.3 is 19.7 Å². The van der Waals surface area contributed by atoms with E-state index in [1.165, 1.54) is 0 Å². The molecule has 1 atom stereocenters. The summed E-state index contributed by atoms with van der Waals surface area (Å²) >= 11 is 6.35. The minimum atomic E-state index is -0.0303. The normalized spacial score (nSPS) is 17.9. The zero-order chi connectivity index (χ0) is 17.7. The van der Waals surface area contributed by atoms with Gasteiger partial charge in [-0.25, -0.2) is 0 Å². The summed E-state index contributed by atoms with van der Waals surface area (Å²) in [4.78, 5) is 14.6. The molecule has 24 heavy (non-hydrogen) atoms. The molecule has 0 saturated carbocycles. The van der Waals surface area contributed by atoms with Gasteiger partial charge in [0, 0.05) is 31.2 Å². The van der Waals surface area contributed by atoms with Crippen LogP contribution in [0.5, 0.6) is 11.5 Å². The topological polar surface area (TPSA) is 50.8 Å². The molecule has 0 bridgehead atoms. The van der Waals surface area contributed by atoms with Crippen LogP contribution < -0.4 is 14.8 Å². The third-order valence-corrected chi connectivity index (χ3v) is 4.35. The van der Waals surface area contributed by atoms with Crippen LogP contribution in [-0.4, -0.2) is 50.2 Å². The lowest BCUT2D eigenvalue weighted by Gasteiger charge is -2.32. The maximum atomic E-state index is 12.7. The fourth-order valence-corrected chi connectivity index (χ4v) is 2.94. The predicted octanol–water partition coefficient (Wildman–Crippen LogP) is 3.21. The van der Waals surface area contributed by atoms with Crippen LogP contribution in [0.1, 0.15) is 37.6 Å². The molecule has 134 valence electrons. The Bertz CT molecular complexity index is 578. The zero-order valence-corrected chi connectivity index (χ0v) is 15.7. The average Bonchev–Trinajstić information content (AvgIpc) is 2.55. The van der Waals surface area contributed by atoms with E-state index in [0.717, 1.165) is 13.0 Å². The number of hydrogen-bond acceptors (Lipinski definition) is 4. The van der Waals surface area contributed by atoms with Crippen molar-refractivity contribution >= 4 is 17.5 Å². The Hall–Kier alpha value is -1.46. The van der Waals surface area contributed by atoms with Crippen LogP contribution in [0.15, 0.2) is 12.1 Å². The fourth-order valence-electron chi connectivity index (χ4n) is 2.68. The summed E-state index contributed by atoms with van der Waals surface area (Å²) in [7, 11) is 1.56. The fraction of sp³-hybridized carbons (Fsp3) is 0.611. The minimum Gasteiger partial charge on any atom is -0.493 e. The number of piperazine rings is 1. The molecule has 1 aromatic rings. The number of nitrogens with one attached hydrogen (secondary N) is 1. The molecular formula is C18H27ClN2O3. The molecule has 0 radical (unpaired) electrons. The van der Waals surface area contributed by atoms with Gasteiger partial charge in [0.05, 0.1) is 18.7 Å². The van der Waals surface area contributed by atoms with Gasteiger partial charge in [0.1, 0.15) is 0 Å². The van der Waals surface area contributed by atoms with Crippen LogP contribution in [0.3, 0.4) is 0 Å². The summed E-state index contributed by atoms with van der Waals surface area (Å²) in [6.45, 7) is 9.08. The Morgan fingerprint density at radius 3 is 2.83 bits per heavy atom. The summed E-state index contributed by atoms with van der Waals surface area (Å²) in [6, 6.07) is 3.67. The highest BCUT2D eigenvalue weighted by Crippen LogP contribution is 2.37. The first-order valence-corrected chi connectivity index (χ1v) is 8.83. The number of methoxy groups -OCH3 is 1. The van der Waals surface area contributed by atoms with Crippen molar-refractivity contribution in [1.29, 1.82) is 0 Å². The first-order valence-electron chi connectivity index (χ1n) is 8.45. The third-order valence-electron chi connectivity index (χ3n) is 4.07. The van der Waals surface area contributed by atoms with E-state index < -0.39 is 0 Å². The first-order chi connectivity index (χ1) is 11.4. The van der Waals surface area contributed by atoms with Crippen LogP contribution in [0.4, 0.5) is 0 Å². The van der Waals surface area contributed by atoms with E-state index in [2.05, 4.69) is 26.1 Å². The second-order valence-corrected chi connectivity index (χ2v) is 7.03. The minimum absolute atomic E-state index is 0.0303. The highest BCUT2D eigenvalue weighted by molar-refractivity contribution is 6.32. The molecule has 1 aromatic carbocycles. The van der Waals surface area contributed by atoms with Crippen molar-refractivity contribution in [3.8, 4) is 11.5 Å². The molecule has 1 N–H and O–H groups in total.